The van der Waals surface area contributed by atoms with E-state index in [1.807, 2.05) is 49.4 Å². The number of anilines is 2. The summed E-state index contributed by atoms with van der Waals surface area (Å²) in [6, 6.07) is 15.1. The molecule has 0 unspecified atom stereocenters. The second kappa shape index (κ2) is 11.9. The number of hydrogen-bond donors (Lipinski definition) is 2. The Labute approximate surface area is 226 Å². The van der Waals surface area contributed by atoms with Crippen LogP contribution in [0, 0.1) is 6.92 Å². The van der Waals surface area contributed by atoms with Gasteiger partial charge in [0.1, 0.15) is 11.5 Å². The highest BCUT2D eigenvalue weighted by Crippen LogP contribution is 2.30. The van der Waals surface area contributed by atoms with E-state index in [2.05, 4.69) is 27.4 Å². The molecule has 0 spiro atoms. The first-order valence-corrected chi connectivity index (χ1v) is 12.9. The van der Waals surface area contributed by atoms with E-state index < -0.39 is 0 Å². The maximum atomic E-state index is 12.3. The number of piperazine rings is 1. The number of carbonyl (C=O) groups excluding carboxylic acids is 1. The summed E-state index contributed by atoms with van der Waals surface area (Å²) >= 11 is 18.0. The molecule has 2 heterocycles. The molecule has 0 atom stereocenters. The number of amides is 1. The molecule has 6 nitrogen and oxygen atoms in total. The van der Waals surface area contributed by atoms with E-state index in [1.54, 1.807) is 12.1 Å². The minimum Gasteiger partial charge on any atom is -0.457 e. The number of carbonyl (C=O) groups is 1. The Morgan fingerprint density at radius 3 is 2.53 bits per heavy atom. The number of aryl methyl sites for hydroxylation is 1. The number of benzene rings is 2. The third-order valence-electron chi connectivity index (χ3n) is 6.08. The first-order chi connectivity index (χ1) is 17.3. The Morgan fingerprint density at radius 2 is 1.83 bits per heavy atom. The first kappa shape index (κ1) is 26.2. The van der Waals surface area contributed by atoms with Crippen LogP contribution in [0.5, 0.6) is 0 Å². The van der Waals surface area contributed by atoms with Crippen LogP contribution in [0.2, 0.25) is 10.0 Å². The molecule has 1 aliphatic rings. The second-order valence-electron chi connectivity index (χ2n) is 8.53. The zero-order valence-electron chi connectivity index (χ0n) is 20.2. The quantitative estimate of drug-likeness (QED) is 0.284. The van der Waals surface area contributed by atoms with Crippen molar-refractivity contribution in [2.24, 2.45) is 0 Å². The average Bonchev–Trinajstić information content (AvgIpc) is 3.34. The number of likely N-dealkylation sites (N-methyl/N-ethyl adjacent to an activating group) is 1. The number of rotatable bonds is 6. The summed E-state index contributed by atoms with van der Waals surface area (Å²) in [4.78, 5) is 17.0. The van der Waals surface area contributed by atoms with Gasteiger partial charge in [0, 0.05) is 48.5 Å². The van der Waals surface area contributed by atoms with Crippen LogP contribution in [0.1, 0.15) is 18.2 Å². The lowest BCUT2D eigenvalue weighted by Gasteiger charge is -2.36. The van der Waals surface area contributed by atoms with Crippen LogP contribution in [-0.2, 0) is 4.79 Å². The van der Waals surface area contributed by atoms with Gasteiger partial charge in [-0.2, -0.15) is 0 Å². The lowest BCUT2D eigenvalue weighted by molar-refractivity contribution is -0.115. The minimum atomic E-state index is -0.375. The van der Waals surface area contributed by atoms with Crippen molar-refractivity contribution in [2.75, 3.05) is 42.9 Å². The van der Waals surface area contributed by atoms with Gasteiger partial charge in [-0.25, -0.2) is 0 Å². The van der Waals surface area contributed by atoms with Gasteiger partial charge in [0.15, 0.2) is 5.11 Å². The third kappa shape index (κ3) is 6.68. The maximum absolute atomic E-state index is 12.3. The number of halogens is 2. The average molecular weight is 544 g/mol. The summed E-state index contributed by atoms with van der Waals surface area (Å²) < 4.78 is 5.81. The molecule has 1 aliphatic heterocycles. The van der Waals surface area contributed by atoms with Crippen molar-refractivity contribution in [2.45, 2.75) is 13.8 Å². The van der Waals surface area contributed by atoms with Crippen molar-refractivity contribution in [3.63, 3.8) is 0 Å². The Morgan fingerprint density at radius 1 is 1.06 bits per heavy atom. The summed E-state index contributed by atoms with van der Waals surface area (Å²) in [5, 5.41) is 7.14. The van der Waals surface area contributed by atoms with Crippen molar-refractivity contribution in [3.05, 3.63) is 76.0 Å². The minimum absolute atomic E-state index is 0.180. The number of thiocarbonyl (C=S) groups is 1. The normalized spacial score (nSPS) is 14.3. The van der Waals surface area contributed by atoms with Crippen molar-refractivity contribution in [3.8, 4) is 11.3 Å². The lowest BCUT2D eigenvalue weighted by Crippen LogP contribution is -2.46. The lowest BCUT2D eigenvalue weighted by atomic mass is 10.1. The molecule has 0 saturated carbocycles. The number of nitrogens with one attached hydrogen (secondary N) is 2. The molecule has 1 aromatic heterocycles. The molecule has 9 heteroatoms. The van der Waals surface area contributed by atoms with Crippen molar-refractivity contribution in [1.29, 1.82) is 0 Å². The fraction of sp³-hybridized carbons (Fsp3) is 0.259. The van der Waals surface area contributed by atoms with Gasteiger partial charge in [-0.15, -0.1) is 0 Å². The summed E-state index contributed by atoms with van der Waals surface area (Å²) in [7, 11) is 0. The van der Waals surface area contributed by atoms with Gasteiger partial charge in [0.05, 0.1) is 10.7 Å². The van der Waals surface area contributed by atoms with Gasteiger partial charge in [-0.3, -0.25) is 10.1 Å². The van der Waals surface area contributed by atoms with E-state index in [-0.39, 0.29) is 11.0 Å². The standard InChI is InChI=1S/C27H28Cl2N4O2S/c1-3-32-12-14-33(15-13-32)24-9-6-20(17-23(24)29)30-27(36)31-26(34)11-8-21-7-10-25(35-21)19-5-4-18(2)22(28)16-19/h4-11,16-17H,3,12-15H2,1-2H3,(H2,30,31,34,36)/b11-8+. The van der Waals surface area contributed by atoms with Gasteiger partial charge < -0.3 is 19.5 Å². The largest absolute Gasteiger partial charge is 0.457 e. The van der Waals surface area contributed by atoms with Gasteiger partial charge in [-0.05, 0) is 73.7 Å². The highest BCUT2D eigenvalue weighted by atomic mass is 35.5. The zero-order valence-corrected chi connectivity index (χ0v) is 22.5. The molecule has 0 bridgehead atoms. The van der Waals surface area contributed by atoms with Crippen LogP contribution >= 0.6 is 35.4 Å². The summed E-state index contributed by atoms with van der Waals surface area (Å²) in [5.41, 5.74) is 3.57. The van der Waals surface area contributed by atoms with E-state index in [4.69, 9.17) is 39.8 Å². The van der Waals surface area contributed by atoms with Crippen molar-refractivity contribution < 1.29 is 9.21 Å². The van der Waals surface area contributed by atoms with E-state index in [0.29, 0.717) is 27.3 Å². The van der Waals surface area contributed by atoms with Crippen LogP contribution < -0.4 is 15.5 Å². The predicted molar refractivity (Wildman–Crippen MR) is 153 cm³/mol. The molecular formula is C27H28Cl2N4O2S. The fourth-order valence-corrected chi connectivity index (χ4v) is 4.66. The second-order valence-corrected chi connectivity index (χ2v) is 9.75. The highest BCUT2D eigenvalue weighted by molar-refractivity contribution is 7.80. The number of hydrogen-bond acceptors (Lipinski definition) is 5. The highest BCUT2D eigenvalue weighted by Gasteiger charge is 2.18. The molecule has 36 heavy (non-hydrogen) atoms. The molecule has 3 aromatic rings. The van der Waals surface area contributed by atoms with E-state index in [9.17, 15) is 4.79 Å². The van der Waals surface area contributed by atoms with Crippen LogP contribution in [0.15, 0.2) is 59.0 Å². The maximum Gasteiger partial charge on any atom is 0.250 e. The Kier molecular flexibility index (Phi) is 8.69. The number of nitrogens with zero attached hydrogens (tertiary/aromatic N) is 2. The summed E-state index contributed by atoms with van der Waals surface area (Å²) in [5.74, 6) is 0.833. The summed E-state index contributed by atoms with van der Waals surface area (Å²) in [6.45, 7) is 9.12. The SMILES string of the molecule is CCN1CCN(c2ccc(NC(=S)NC(=O)/C=C/c3ccc(-c4ccc(C)c(Cl)c4)o3)cc2Cl)CC1. The van der Waals surface area contributed by atoms with E-state index in [1.165, 1.54) is 6.08 Å². The molecule has 0 radical (unpaired) electrons. The molecule has 4 rings (SSSR count). The Balaban J connectivity index is 1.30. The van der Waals surface area contributed by atoms with Crippen LogP contribution in [0.4, 0.5) is 11.4 Å². The first-order valence-electron chi connectivity index (χ1n) is 11.8. The van der Waals surface area contributed by atoms with Crippen LogP contribution in [0.3, 0.4) is 0 Å². The van der Waals surface area contributed by atoms with Crippen molar-refractivity contribution >= 4 is 63.9 Å². The summed E-state index contributed by atoms with van der Waals surface area (Å²) in [6.07, 6.45) is 2.95. The molecule has 188 valence electrons. The van der Waals surface area contributed by atoms with E-state index in [0.717, 1.165) is 49.5 Å². The molecule has 0 aliphatic carbocycles. The Hall–Kier alpha value is -2.84. The van der Waals surface area contributed by atoms with Crippen LogP contribution in [0.25, 0.3) is 17.4 Å². The Bertz CT molecular complexity index is 1280. The monoisotopic (exact) mass is 542 g/mol. The van der Waals surface area contributed by atoms with Gasteiger partial charge in [0.2, 0.25) is 5.91 Å². The molecule has 2 N–H and O–H groups in total. The molecule has 1 saturated heterocycles. The third-order valence-corrected chi connectivity index (χ3v) is 7.00. The molecule has 1 amide bonds. The topological polar surface area (TPSA) is 60.8 Å². The number of furan rings is 1. The zero-order chi connectivity index (χ0) is 25.7. The molecule has 2 aromatic carbocycles. The molecule has 1 fully saturated rings. The van der Waals surface area contributed by atoms with Gasteiger partial charge >= 0.3 is 0 Å². The van der Waals surface area contributed by atoms with Crippen LogP contribution in [-0.4, -0.2) is 48.6 Å². The predicted octanol–water partition coefficient (Wildman–Crippen LogP) is 6.23. The van der Waals surface area contributed by atoms with E-state index >= 15 is 0 Å². The van der Waals surface area contributed by atoms with Gasteiger partial charge in [-0.1, -0.05) is 42.3 Å². The fourth-order valence-electron chi connectivity index (χ4n) is 3.96. The van der Waals surface area contributed by atoms with Crippen molar-refractivity contribution in [1.82, 2.24) is 10.2 Å². The molecular weight excluding hydrogens is 515 g/mol. The van der Waals surface area contributed by atoms with Gasteiger partial charge in [0.25, 0.3) is 0 Å². The smallest absolute Gasteiger partial charge is 0.250 e.